The van der Waals surface area contributed by atoms with Crippen molar-refractivity contribution >= 4 is 0 Å². The van der Waals surface area contributed by atoms with Gasteiger partial charge in [-0.05, 0) is 25.3 Å². The number of hydrogen-bond acceptors (Lipinski definition) is 0. The molecule has 0 aliphatic rings. The summed E-state index contributed by atoms with van der Waals surface area (Å²) >= 11 is 0. The highest BCUT2D eigenvalue weighted by molar-refractivity contribution is 5.26. The van der Waals surface area contributed by atoms with Crippen LogP contribution in [0.15, 0.2) is 36.4 Å². The fraction of sp³-hybridized carbons (Fsp3) is 0.333. The van der Waals surface area contributed by atoms with Gasteiger partial charge in [0.05, 0.1) is 0 Å². The number of rotatable bonds is 2. The fourth-order valence-corrected chi connectivity index (χ4v) is 1.27. The first kappa shape index (κ1) is 9.05. The van der Waals surface area contributed by atoms with Gasteiger partial charge in [0.25, 0.3) is 0 Å². The summed E-state index contributed by atoms with van der Waals surface area (Å²) < 4.78 is 0. The normalized spacial score (nSPS) is 13.6. The molecule has 12 heavy (non-hydrogen) atoms. The third kappa shape index (κ3) is 2.23. The summed E-state index contributed by atoms with van der Waals surface area (Å²) in [7, 11) is 0. The molecule has 0 saturated heterocycles. The highest BCUT2D eigenvalue weighted by Gasteiger charge is 1.98. The summed E-state index contributed by atoms with van der Waals surface area (Å²) in [5, 5.41) is 0. The molecule has 0 amide bonds. The molecule has 1 aromatic rings. The van der Waals surface area contributed by atoms with Crippen molar-refractivity contribution in [1.82, 2.24) is 0 Å². The Labute approximate surface area is 74.9 Å². The van der Waals surface area contributed by atoms with Gasteiger partial charge in [0.15, 0.2) is 0 Å². The summed E-state index contributed by atoms with van der Waals surface area (Å²) in [6, 6.07) is 8.71. The van der Waals surface area contributed by atoms with Gasteiger partial charge in [0, 0.05) is 0 Å². The van der Waals surface area contributed by atoms with Crippen LogP contribution in [0.5, 0.6) is 0 Å². The predicted octanol–water partition coefficient (Wildman–Crippen LogP) is 3.67. The van der Waals surface area contributed by atoms with Crippen LogP contribution in [-0.4, -0.2) is 0 Å². The Hall–Kier alpha value is -1.04. The monoisotopic (exact) mass is 160 g/mol. The average molecular weight is 160 g/mol. The lowest BCUT2D eigenvalue weighted by molar-refractivity contribution is 0.964. The summed E-state index contributed by atoms with van der Waals surface area (Å²) in [6.45, 7) is 6.39. The van der Waals surface area contributed by atoms with Gasteiger partial charge in [-0.15, -0.1) is 0 Å². The molecule has 0 bridgehead atoms. The molecule has 0 heterocycles. The number of allylic oxidation sites excluding steroid dienone is 2. The van der Waals surface area contributed by atoms with Crippen LogP contribution in [0.4, 0.5) is 0 Å². The van der Waals surface area contributed by atoms with Crippen molar-refractivity contribution in [3.8, 4) is 0 Å². The van der Waals surface area contributed by atoms with Crippen LogP contribution in [0.3, 0.4) is 0 Å². The minimum Gasteiger partial charge on any atom is -0.0911 e. The lowest BCUT2D eigenvalue weighted by Crippen LogP contribution is -1.87. The lowest BCUT2D eigenvalue weighted by Gasteiger charge is -2.05. The van der Waals surface area contributed by atoms with E-state index in [1.807, 2.05) is 0 Å². The molecule has 0 aromatic heterocycles. The third-order valence-corrected chi connectivity index (χ3v) is 2.08. The van der Waals surface area contributed by atoms with E-state index in [1.165, 1.54) is 11.1 Å². The predicted molar refractivity (Wildman–Crippen MR) is 54.4 cm³/mol. The molecule has 1 atom stereocenters. The Kier molecular flexibility index (Phi) is 3.09. The molecule has 0 radical (unpaired) electrons. The van der Waals surface area contributed by atoms with E-state index in [1.54, 1.807) is 0 Å². The van der Waals surface area contributed by atoms with Gasteiger partial charge in [-0.2, -0.15) is 0 Å². The van der Waals surface area contributed by atoms with Crippen molar-refractivity contribution in [2.24, 2.45) is 0 Å². The molecule has 1 unspecified atom stereocenters. The Morgan fingerprint density at radius 1 is 1.17 bits per heavy atom. The van der Waals surface area contributed by atoms with Crippen LogP contribution >= 0.6 is 0 Å². The molecule has 0 aliphatic heterocycles. The number of hydrogen-bond donors (Lipinski definition) is 0. The van der Waals surface area contributed by atoms with Gasteiger partial charge >= 0.3 is 0 Å². The first-order valence-corrected chi connectivity index (χ1v) is 4.43. The van der Waals surface area contributed by atoms with E-state index in [2.05, 4.69) is 57.2 Å². The Morgan fingerprint density at radius 3 is 2.25 bits per heavy atom. The maximum atomic E-state index is 2.21. The zero-order chi connectivity index (χ0) is 8.97. The highest BCUT2D eigenvalue weighted by atomic mass is 14.0. The summed E-state index contributed by atoms with van der Waals surface area (Å²) in [5.41, 5.74) is 2.71. The molecular formula is C12H16. The van der Waals surface area contributed by atoms with Crippen molar-refractivity contribution in [3.63, 3.8) is 0 Å². The molecule has 0 fully saturated rings. The molecule has 64 valence electrons. The highest BCUT2D eigenvalue weighted by Crippen LogP contribution is 2.16. The third-order valence-electron chi connectivity index (χ3n) is 2.08. The van der Waals surface area contributed by atoms with Gasteiger partial charge in [-0.1, -0.05) is 48.9 Å². The number of aryl methyl sites for hydroxylation is 1. The van der Waals surface area contributed by atoms with Crippen LogP contribution in [0.2, 0.25) is 0 Å². The van der Waals surface area contributed by atoms with Crippen LogP contribution in [0.25, 0.3) is 0 Å². The van der Waals surface area contributed by atoms with Gasteiger partial charge < -0.3 is 0 Å². The molecule has 1 aromatic carbocycles. The van der Waals surface area contributed by atoms with E-state index in [0.29, 0.717) is 5.92 Å². The molecule has 0 saturated carbocycles. The summed E-state index contributed by atoms with van der Waals surface area (Å²) in [5.74, 6) is 0.538. The summed E-state index contributed by atoms with van der Waals surface area (Å²) in [4.78, 5) is 0. The smallest absolute Gasteiger partial charge is 0.00105 e. The average Bonchev–Trinajstić information content (AvgIpc) is 2.06. The van der Waals surface area contributed by atoms with E-state index in [9.17, 15) is 0 Å². The SMILES string of the molecule is CC=CC(C)c1ccc(C)cc1. The Balaban J connectivity index is 2.82. The first-order chi connectivity index (χ1) is 5.74. The standard InChI is InChI=1S/C12H16/c1-4-5-11(3)12-8-6-10(2)7-9-12/h4-9,11H,1-3H3. The molecule has 0 nitrogen and oxygen atoms in total. The second-order valence-electron chi connectivity index (χ2n) is 3.23. The minimum atomic E-state index is 0.538. The van der Waals surface area contributed by atoms with E-state index < -0.39 is 0 Å². The van der Waals surface area contributed by atoms with E-state index in [0.717, 1.165) is 0 Å². The largest absolute Gasteiger partial charge is 0.0911 e. The Morgan fingerprint density at radius 2 is 1.75 bits per heavy atom. The van der Waals surface area contributed by atoms with Gasteiger partial charge in [-0.25, -0.2) is 0 Å². The van der Waals surface area contributed by atoms with Gasteiger partial charge in [-0.3, -0.25) is 0 Å². The second kappa shape index (κ2) is 4.10. The maximum absolute atomic E-state index is 2.21. The Bertz CT molecular complexity index is 254. The van der Waals surface area contributed by atoms with E-state index in [4.69, 9.17) is 0 Å². The van der Waals surface area contributed by atoms with Crippen LogP contribution in [0.1, 0.15) is 30.9 Å². The van der Waals surface area contributed by atoms with E-state index >= 15 is 0 Å². The van der Waals surface area contributed by atoms with Crippen molar-refractivity contribution < 1.29 is 0 Å². The van der Waals surface area contributed by atoms with E-state index in [-0.39, 0.29) is 0 Å². The van der Waals surface area contributed by atoms with Crippen molar-refractivity contribution in [3.05, 3.63) is 47.5 Å². The van der Waals surface area contributed by atoms with Gasteiger partial charge in [0.1, 0.15) is 0 Å². The maximum Gasteiger partial charge on any atom is -0.00105 e. The van der Waals surface area contributed by atoms with Crippen molar-refractivity contribution in [1.29, 1.82) is 0 Å². The minimum absolute atomic E-state index is 0.538. The summed E-state index contributed by atoms with van der Waals surface area (Å²) in [6.07, 6.45) is 4.31. The van der Waals surface area contributed by atoms with Gasteiger partial charge in [0.2, 0.25) is 0 Å². The van der Waals surface area contributed by atoms with Crippen LogP contribution in [-0.2, 0) is 0 Å². The van der Waals surface area contributed by atoms with Crippen molar-refractivity contribution in [2.75, 3.05) is 0 Å². The quantitative estimate of drug-likeness (QED) is 0.579. The molecule has 0 aliphatic carbocycles. The van der Waals surface area contributed by atoms with Crippen LogP contribution < -0.4 is 0 Å². The molecule has 0 N–H and O–H groups in total. The fourth-order valence-electron chi connectivity index (χ4n) is 1.27. The zero-order valence-corrected chi connectivity index (χ0v) is 8.04. The second-order valence-corrected chi connectivity index (χ2v) is 3.23. The molecule has 0 spiro atoms. The topological polar surface area (TPSA) is 0 Å². The first-order valence-electron chi connectivity index (χ1n) is 4.43. The molecule has 0 heteroatoms. The lowest BCUT2D eigenvalue weighted by atomic mass is 10.00. The van der Waals surface area contributed by atoms with Crippen molar-refractivity contribution in [2.45, 2.75) is 26.7 Å². The zero-order valence-electron chi connectivity index (χ0n) is 8.04. The van der Waals surface area contributed by atoms with Crippen LogP contribution in [0, 0.1) is 6.92 Å². The molecule has 1 rings (SSSR count). The molecular weight excluding hydrogens is 144 g/mol. The number of benzene rings is 1.